The Bertz CT molecular complexity index is 604. The lowest BCUT2D eigenvalue weighted by molar-refractivity contribution is 0.0527. The van der Waals surface area contributed by atoms with Gasteiger partial charge in [0.05, 0.1) is 5.69 Å². The molecular weight excluding hydrogens is 360 g/mol. The third-order valence-corrected chi connectivity index (χ3v) is 4.15. The van der Waals surface area contributed by atoms with Gasteiger partial charge in [0.2, 0.25) is 0 Å². The number of nitrogens with zero attached hydrogens (tertiary/aromatic N) is 4. The van der Waals surface area contributed by atoms with Gasteiger partial charge in [0, 0.05) is 58.4 Å². The average Bonchev–Trinajstić information content (AvgIpc) is 3.13. The fraction of sp³-hybridized carbons (Fsp3) is 0.737. The summed E-state index contributed by atoms with van der Waals surface area (Å²) < 4.78 is 10.1. The Balaban J connectivity index is 1.71. The number of aromatic nitrogens is 1. The first-order chi connectivity index (χ1) is 13.4. The zero-order chi connectivity index (χ0) is 20.4. The Hall–Kier alpha value is -2.29. The normalized spacial score (nSPS) is 16.1. The number of rotatable bonds is 7. The van der Waals surface area contributed by atoms with Crippen molar-refractivity contribution < 1.29 is 14.1 Å². The van der Waals surface area contributed by atoms with E-state index in [1.807, 2.05) is 26.8 Å². The minimum Gasteiger partial charge on any atom is -0.444 e. The maximum absolute atomic E-state index is 11.6. The molecule has 2 heterocycles. The Kier molecular flexibility index (Phi) is 8.56. The minimum atomic E-state index is -0.476. The summed E-state index contributed by atoms with van der Waals surface area (Å²) in [6, 6.07) is 1.91. The number of nitrogens with one attached hydrogen (secondary N) is 2. The molecular formula is C19H34N6O3. The monoisotopic (exact) mass is 394 g/mol. The number of guanidine groups is 1. The van der Waals surface area contributed by atoms with E-state index in [2.05, 4.69) is 32.5 Å². The van der Waals surface area contributed by atoms with Crippen LogP contribution in [-0.4, -0.2) is 78.4 Å². The highest BCUT2D eigenvalue weighted by Crippen LogP contribution is 2.08. The van der Waals surface area contributed by atoms with Crippen molar-refractivity contribution in [2.45, 2.75) is 46.3 Å². The van der Waals surface area contributed by atoms with Gasteiger partial charge in [-0.25, -0.2) is 4.79 Å². The van der Waals surface area contributed by atoms with Crippen LogP contribution in [0.3, 0.4) is 0 Å². The molecule has 1 aromatic heterocycles. The van der Waals surface area contributed by atoms with E-state index in [0.29, 0.717) is 13.1 Å². The number of hydrogen-bond acceptors (Lipinski definition) is 6. The highest BCUT2D eigenvalue weighted by molar-refractivity contribution is 5.80. The van der Waals surface area contributed by atoms with Gasteiger partial charge in [-0.3, -0.25) is 9.89 Å². The molecule has 1 fully saturated rings. The van der Waals surface area contributed by atoms with Crippen LogP contribution in [0.1, 0.15) is 39.8 Å². The van der Waals surface area contributed by atoms with E-state index in [9.17, 15) is 4.79 Å². The van der Waals surface area contributed by atoms with Crippen molar-refractivity contribution >= 4 is 12.1 Å². The van der Waals surface area contributed by atoms with Crippen molar-refractivity contribution in [1.29, 1.82) is 0 Å². The predicted octanol–water partition coefficient (Wildman–Crippen LogP) is 1.67. The number of carbonyl (C=O) groups excluding carboxylic acids is 1. The van der Waals surface area contributed by atoms with Crippen LogP contribution in [0.2, 0.25) is 0 Å². The van der Waals surface area contributed by atoms with Crippen molar-refractivity contribution in [3.05, 3.63) is 18.0 Å². The number of carbonyl (C=O) groups is 1. The summed E-state index contributed by atoms with van der Waals surface area (Å²) in [5.41, 5.74) is 0.488. The molecule has 158 valence electrons. The van der Waals surface area contributed by atoms with Crippen molar-refractivity contribution in [2.24, 2.45) is 4.99 Å². The summed E-state index contributed by atoms with van der Waals surface area (Å²) in [6.45, 7) is 14.2. The van der Waals surface area contributed by atoms with Crippen molar-refractivity contribution in [3.8, 4) is 0 Å². The van der Waals surface area contributed by atoms with Crippen molar-refractivity contribution in [3.63, 3.8) is 0 Å². The van der Waals surface area contributed by atoms with Gasteiger partial charge in [-0.05, 0) is 34.1 Å². The van der Waals surface area contributed by atoms with E-state index in [1.54, 1.807) is 6.26 Å². The Morgan fingerprint density at radius 3 is 2.64 bits per heavy atom. The molecule has 1 aliphatic heterocycles. The first-order valence-corrected chi connectivity index (χ1v) is 9.99. The smallest absolute Gasteiger partial charge is 0.407 e. The molecule has 0 radical (unpaired) electrons. The van der Waals surface area contributed by atoms with Gasteiger partial charge in [-0.15, -0.1) is 0 Å². The van der Waals surface area contributed by atoms with Crippen LogP contribution in [0.15, 0.2) is 21.8 Å². The molecule has 0 spiro atoms. The van der Waals surface area contributed by atoms with Crippen molar-refractivity contribution in [1.82, 2.24) is 25.6 Å². The summed E-state index contributed by atoms with van der Waals surface area (Å²) in [6.07, 6.45) is 1.99. The molecule has 28 heavy (non-hydrogen) atoms. The zero-order valence-electron chi connectivity index (χ0n) is 17.5. The van der Waals surface area contributed by atoms with E-state index >= 15 is 0 Å². The van der Waals surface area contributed by atoms with Crippen LogP contribution < -0.4 is 10.6 Å². The summed E-state index contributed by atoms with van der Waals surface area (Å²) >= 11 is 0. The van der Waals surface area contributed by atoms with E-state index < -0.39 is 5.60 Å². The molecule has 2 N–H and O–H groups in total. The standard InChI is InChI=1S/C19H34N6O3/c1-5-20-17(21-8-6-9-22-18(26)28-19(2,3)4)25-12-10-24(11-13-25)15-16-7-14-27-23-16/h7,14H,5-6,8-13,15H2,1-4H3,(H,20,21)(H,22,26). The molecule has 1 aliphatic rings. The van der Waals surface area contributed by atoms with Crippen LogP contribution in [0.4, 0.5) is 4.79 Å². The Morgan fingerprint density at radius 1 is 1.29 bits per heavy atom. The summed E-state index contributed by atoms with van der Waals surface area (Å²) in [5.74, 6) is 0.931. The Labute approximate surface area is 167 Å². The molecule has 0 bridgehead atoms. The fourth-order valence-electron chi connectivity index (χ4n) is 2.86. The van der Waals surface area contributed by atoms with Gasteiger partial charge in [0.1, 0.15) is 11.9 Å². The van der Waals surface area contributed by atoms with Crippen molar-refractivity contribution in [2.75, 3.05) is 45.8 Å². The molecule has 0 unspecified atom stereocenters. The lowest BCUT2D eigenvalue weighted by Gasteiger charge is -2.36. The SMILES string of the molecule is CCNC(=NCCCNC(=O)OC(C)(C)C)N1CCN(Cc2ccon2)CC1. The fourth-order valence-corrected chi connectivity index (χ4v) is 2.86. The summed E-state index contributed by atoms with van der Waals surface area (Å²) in [7, 11) is 0. The second-order valence-electron chi connectivity index (χ2n) is 7.77. The van der Waals surface area contributed by atoms with Crippen LogP contribution in [0.5, 0.6) is 0 Å². The lowest BCUT2D eigenvalue weighted by Crippen LogP contribution is -2.52. The molecule has 0 aliphatic carbocycles. The molecule has 1 saturated heterocycles. The average molecular weight is 395 g/mol. The second-order valence-corrected chi connectivity index (χ2v) is 7.77. The van der Waals surface area contributed by atoms with Gasteiger partial charge < -0.3 is 24.8 Å². The molecule has 0 atom stereocenters. The molecule has 0 saturated carbocycles. The third kappa shape index (κ3) is 8.16. The topological polar surface area (TPSA) is 95.2 Å². The summed E-state index contributed by atoms with van der Waals surface area (Å²) in [4.78, 5) is 21.0. The first-order valence-electron chi connectivity index (χ1n) is 9.99. The number of alkyl carbamates (subject to hydrolysis) is 1. The molecule has 9 heteroatoms. The van der Waals surface area contributed by atoms with Crippen LogP contribution in [0.25, 0.3) is 0 Å². The van der Waals surface area contributed by atoms with E-state index in [1.165, 1.54) is 0 Å². The third-order valence-electron chi connectivity index (χ3n) is 4.15. The van der Waals surface area contributed by atoms with Gasteiger partial charge in [0.25, 0.3) is 0 Å². The number of hydrogen-bond donors (Lipinski definition) is 2. The quantitative estimate of drug-likeness (QED) is 0.413. The first kappa shape index (κ1) is 22.0. The van der Waals surface area contributed by atoms with Crippen LogP contribution in [0, 0.1) is 0 Å². The van der Waals surface area contributed by atoms with Gasteiger partial charge >= 0.3 is 6.09 Å². The largest absolute Gasteiger partial charge is 0.444 e. The highest BCUT2D eigenvalue weighted by Gasteiger charge is 2.20. The Morgan fingerprint density at radius 2 is 2.04 bits per heavy atom. The molecule has 1 aromatic rings. The lowest BCUT2D eigenvalue weighted by atomic mass is 10.2. The predicted molar refractivity (Wildman–Crippen MR) is 108 cm³/mol. The minimum absolute atomic E-state index is 0.383. The molecule has 1 amide bonds. The number of amides is 1. The summed E-state index contributed by atoms with van der Waals surface area (Å²) in [5, 5.41) is 10.1. The maximum atomic E-state index is 11.6. The molecule has 9 nitrogen and oxygen atoms in total. The van der Waals surface area contributed by atoms with E-state index in [0.717, 1.165) is 57.3 Å². The van der Waals surface area contributed by atoms with Crippen LogP contribution in [-0.2, 0) is 11.3 Å². The molecule has 0 aromatic carbocycles. The highest BCUT2D eigenvalue weighted by atomic mass is 16.6. The van der Waals surface area contributed by atoms with Crippen LogP contribution >= 0.6 is 0 Å². The number of ether oxygens (including phenoxy) is 1. The molecule has 2 rings (SSSR count). The van der Waals surface area contributed by atoms with E-state index in [-0.39, 0.29) is 6.09 Å². The second kappa shape index (κ2) is 10.9. The maximum Gasteiger partial charge on any atom is 0.407 e. The number of piperazine rings is 1. The number of aliphatic imine (C=N–C) groups is 1. The van der Waals surface area contributed by atoms with Gasteiger partial charge in [-0.2, -0.15) is 0 Å². The zero-order valence-corrected chi connectivity index (χ0v) is 17.5. The van der Waals surface area contributed by atoms with Gasteiger partial charge in [-0.1, -0.05) is 5.16 Å². The van der Waals surface area contributed by atoms with E-state index in [4.69, 9.17) is 14.3 Å². The van der Waals surface area contributed by atoms with Gasteiger partial charge in [0.15, 0.2) is 5.96 Å².